The number of nitrogens with zero attached hydrogens (tertiary/aromatic N) is 1. The monoisotopic (exact) mass is 377 g/mol. The van der Waals surface area contributed by atoms with Gasteiger partial charge < -0.3 is 4.74 Å². The van der Waals surface area contributed by atoms with E-state index in [0.29, 0.717) is 23.2 Å². The maximum absolute atomic E-state index is 12.5. The van der Waals surface area contributed by atoms with Gasteiger partial charge in [0.15, 0.2) is 0 Å². The summed E-state index contributed by atoms with van der Waals surface area (Å²) in [7, 11) is 0. The van der Waals surface area contributed by atoms with Gasteiger partial charge >= 0.3 is 5.97 Å². The van der Waals surface area contributed by atoms with Crippen LogP contribution in [0.2, 0.25) is 10.0 Å². The molecule has 2 aromatic carbocycles. The Hall–Kier alpha value is -1.55. The molecule has 5 heteroatoms. The summed E-state index contributed by atoms with van der Waals surface area (Å²) < 4.78 is 5.30. The summed E-state index contributed by atoms with van der Waals surface area (Å²) in [6, 6.07) is 15.8. The fraction of sp³-hybridized carbons (Fsp3) is 0.350. The quantitative estimate of drug-likeness (QED) is 0.702. The minimum Gasteiger partial charge on any atom is -0.466 e. The van der Waals surface area contributed by atoms with Crippen LogP contribution in [0, 0.1) is 5.92 Å². The van der Waals surface area contributed by atoms with E-state index in [1.807, 2.05) is 37.3 Å². The van der Waals surface area contributed by atoms with Crippen LogP contribution in [0.4, 0.5) is 0 Å². The lowest BCUT2D eigenvalue weighted by molar-refractivity contribution is -0.148. The van der Waals surface area contributed by atoms with Gasteiger partial charge in [0.2, 0.25) is 0 Å². The molecule has 132 valence electrons. The fourth-order valence-corrected chi connectivity index (χ4v) is 4.01. The van der Waals surface area contributed by atoms with E-state index in [1.165, 1.54) is 5.56 Å². The number of carbonyl (C=O) groups excluding carboxylic acids is 1. The molecule has 2 aromatic rings. The summed E-state index contributed by atoms with van der Waals surface area (Å²) >= 11 is 12.3. The van der Waals surface area contributed by atoms with Crippen LogP contribution >= 0.6 is 23.2 Å². The van der Waals surface area contributed by atoms with Gasteiger partial charge in [-0.15, -0.1) is 0 Å². The standard InChI is InChI=1S/C20H21Cl2NO2/c1-2-25-20(24)19-13-23(11-14-6-4-3-5-7-14)12-18(19)15-8-16(21)10-17(22)9-15/h3-10,18-19H,2,11-13H2,1H3. The lowest BCUT2D eigenvalue weighted by atomic mass is 9.89. The van der Waals surface area contributed by atoms with Crippen molar-refractivity contribution in [3.63, 3.8) is 0 Å². The molecule has 0 bridgehead atoms. The van der Waals surface area contributed by atoms with Gasteiger partial charge in [-0.3, -0.25) is 9.69 Å². The van der Waals surface area contributed by atoms with Crippen molar-refractivity contribution in [1.29, 1.82) is 0 Å². The second-order valence-corrected chi connectivity index (χ2v) is 7.22. The molecule has 3 rings (SSSR count). The predicted octanol–water partition coefficient (Wildman–Crippen LogP) is 4.77. The normalized spacial score (nSPS) is 20.6. The van der Waals surface area contributed by atoms with Crippen LogP contribution in [0.15, 0.2) is 48.5 Å². The van der Waals surface area contributed by atoms with E-state index in [0.717, 1.165) is 18.7 Å². The van der Waals surface area contributed by atoms with Crippen LogP contribution in [-0.4, -0.2) is 30.6 Å². The number of hydrogen-bond donors (Lipinski definition) is 0. The Morgan fingerprint density at radius 1 is 1.12 bits per heavy atom. The summed E-state index contributed by atoms with van der Waals surface area (Å²) in [5.74, 6) is -0.337. The molecule has 0 aromatic heterocycles. The van der Waals surface area contributed by atoms with E-state index in [2.05, 4.69) is 17.0 Å². The first-order valence-corrected chi connectivity index (χ1v) is 9.21. The number of rotatable bonds is 5. The molecule has 25 heavy (non-hydrogen) atoms. The zero-order valence-corrected chi connectivity index (χ0v) is 15.6. The first kappa shape index (κ1) is 18.2. The Kier molecular flexibility index (Phi) is 6.00. The molecular weight excluding hydrogens is 357 g/mol. The van der Waals surface area contributed by atoms with Crippen molar-refractivity contribution in [3.8, 4) is 0 Å². The second kappa shape index (κ2) is 8.22. The molecular formula is C20H21Cl2NO2. The average Bonchev–Trinajstić information content (AvgIpc) is 2.99. The Labute approximate surface area is 158 Å². The van der Waals surface area contributed by atoms with Crippen molar-refractivity contribution < 1.29 is 9.53 Å². The lowest BCUT2D eigenvalue weighted by Gasteiger charge is -2.18. The molecule has 0 spiro atoms. The highest BCUT2D eigenvalue weighted by molar-refractivity contribution is 6.34. The molecule has 0 saturated carbocycles. The minimum atomic E-state index is -0.210. The van der Waals surface area contributed by atoms with Gasteiger partial charge in [0.05, 0.1) is 12.5 Å². The predicted molar refractivity (Wildman–Crippen MR) is 101 cm³/mol. The molecule has 1 aliphatic heterocycles. The molecule has 2 unspecified atom stereocenters. The van der Waals surface area contributed by atoms with Crippen LogP contribution < -0.4 is 0 Å². The van der Waals surface area contributed by atoms with Gasteiger partial charge in [-0.25, -0.2) is 0 Å². The highest BCUT2D eigenvalue weighted by Crippen LogP contribution is 2.36. The molecule has 3 nitrogen and oxygen atoms in total. The first-order valence-electron chi connectivity index (χ1n) is 8.45. The first-order chi connectivity index (χ1) is 12.1. The van der Waals surface area contributed by atoms with E-state index in [1.54, 1.807) is 6.07 Å². The fourth-order valence-electron chi connectivity index (χ4n) is 3.47. The third-order valence-corrected chi connectivity index (χ3v) is 4.98. The maximum Gasteiger partial charge on any atom is 0.310 e. The second-order valence-electron chi connectivity index (χ2n) is 6.35. The van der Waals surface area contributed by atoms with Gasteiger partial charge in [0, 0.05) is 35.6 Å². The Bertz CT molecular complexity index is 715. The van der Waals surface area contributed by atoms with Crippen LogP contribution in [0.5, 0.6) is 0 Å². The Balaban J connectivity index is 1.83. The van der Waals surface area contributed by atoms with E-state index in [4.69, 9.17) is 27.9 Å². The van der Waals surface area contributed by atoms with Crippen LogP contribution in [-0.2, 0) is 16.1 Å². The lowest BCUT2D eigenvalue weighted by Crippen LogP contribution is -2.25. The van der Waals surface area contributed by atoms with Crippen LogP contribution in [0.25, 0.3) is 0 Å². The third kappa shape index (κ3) is 4.55. The number of carbonyl (C=O) groups is 1. The molecule has 0 radical (unpaired) electrons. The van der Waals surface area contributed by atoms with E-state index < -0.39 is 0 Å². The minimum absolute atomic E-state index is 0.0268. The summed E-state index contributed by atoms with van der Waals surface area (Å²) in [6.07, 6.45) is 0. The van der Waals surface area contributed by atoms with Gasteiger partial charge in [0.25, 0.3) is 0 Å². The molecule has 0 amide bonds. The summed E-state index contributed by atoms with van der Waals surface area (Å²) in [5, 5.41) is 1.18. The molecule has 1 saturated heterocycles. The van der Waals surface area contributed by atoms with E-state index >= 15 is 0 Å². The SMILES string of the molecule is CCOC(=O)C1CN(Cc2ccccc2)CC1c1cc(Cl)cc(Cl)c1. The van der Waals surface area contributed by atoms with Crippen molar-refractivity contribution in [2.45, 2.75) is 19.4 Å². The van der Waals surface area contributed by atoms with Gasteiger partial charge in [-0.05, 0) is 36.2 Å². The van der Waals surface area contributed by atoms with E-state index in [9.17, 15) is 4.79 Å². The molecule has 1 fully saturated rings. The topological polar surface area (TPSA) is 29.5 Å². The summed E-state index contributed by atoms with van der Waals surface area (Å²) in [5.41, 5.74) is 2.22. The van der Waals surface area contributed by atoms with Gasteiger partial charge in [0.1, 0.15) is 0 Å². The van der Waals surface area contributed by atoms with Crippen molar-refractivity contribution in [1.82, 2.24) is 4.90 Å². The Morgan fingerprint density at radius 2 is 1.80 bits per heavy atom. The van der Waals surface area contributed by atoms with Gasteiger partial charge in [-0.2, -0.15) is 0 Å². The number of halogens is 2. The number of esters is 1. The molecule has 0 N–H and O–H groups in total. The summed E-state index contributed by atoms with van der Waals surface area (Å²) in [4.78, 5) is 14.8. The van der Waals surface area contributed by atoms with Crippen molar-refractivity contribution in [2.24, 2.45) is 5.92 Å². The zero-order chi connectivity index (χ0) is 17.8. The average molecular weight is 378 g/mol. The Morgan fingerprint density at radius 3 is 2.44 bits per heavy atom. The molecule has 1 aliphatic rings. The molecule has 2 atom stereocenters. The van der Waals surface area contributed by atoms with Crippen molar-refractivity contribution in [3.05, 3.63) is 69.7 Å². The third-order valence-electron chi connectivity index (χ3n) is 4.55. The van der Waals surface area contributed by atoms with Crippen LogP contribution in [0.3, 0.4) is 0 Å². The molecule has 0 aliphatic carbocycles. The summed E-state index contributed by atoms with van der Waals surface area (Å²) in [6.45, 7) is 4.47. The number of ether oxygens (including phenoxy) is 1. The zero-order valence-electron chi connectivity index (χ0n) is 14.1. The highest BCUT2D eigenvalue weighted by Gasteiger charge is 2.39. The number of hydrogen-bond acceptors (Lipinski definition) is 3. The largest absolute Gasteiger partial charge is 0.466 e. The smallest absolute Gasteiger partial charge is 0.310 e. The van der Waals surface area contributed by atoms with Crippen molar-refractivity contribution in [2.75, 3.05) is 19.7 Å². The van der Waals surface area contributed by atoms with Crippen LogP contribution in [0.1, 0.15) is 24.0 Å². The molecule has 1 heterocycles. The number of benzene rings is 2. The number of likely N-dealkylation sites (tertiary alicyclic amines) is 1. The van der Waals surface area contributed by atoms with Gasteiger partial charge in [-0.1, -0.05) is 53.5 Å². The maximum atomic E-state index is 12.5. The van der Waals surface area contributed by atoms with E-state index in [-0.39, 0.29) is 17.8 Å². The van der Waals surface area contributed by atoms with Crippen molar-refractivity contribution >= 4 is 29.2 Å². The highest BCUT2D eigenvalue weighted by atomic mass is 35.5.